The number of methoxy groups -OCH3 is 1. The van der Waals surface area contributed by atoms with E-state index in [-0.39, 0.29) is 10.7 Å². The fraction of sp³-hybridized carbons (Fsp3) is 0.318. The molecule has 0 unspecified atom stereocenters. The van der Waals surface area contributed by atoms with Crippen LogP contribution in [-0.4, -0.2) is 19.6 Å². The number of carbonyl (C=O) groups excluding carboxylic acids is 1. The van der Waals surface area contributed by atoms with E-state index in [0.29, 0.717) is 29.6 Å². The Morgan fingerprint density at radius 1 is 1.17 bits per heavy atom. The fourth-order valence-corrected chi connectivity index (χ4v) is 2.62. The second-order valence-corrected chi connectivity index (χ2v) is 7.36. The number of ether oxygens (including phenoxy) is 2. The quantitative estimate of drug-likeness (QED) is 0.479. The van der Waals surface area contributed by atoms with Gasteiger partial charge in [-0.15, -0.1) is 0 Å². The highest BCUT2D eigenvalue weighted by atomic mass is 35.5. The van der Waals surface area contributed by atoms with Crippen molar-refractivity contribution in [2.75, 3.05) is 19.0 Å². The number of halogens is 4. The summed E-state index contributed by atoms with van der Waals surface area (Å²) in [4.78, 5) is 12.1. The van der Waals surface area contributed by atoms with E-state index in [1.54, 1.807) is 18.2 Å². The van der Waals surface area contributed by atoms with Crippen molar-refractivity contribution in [3.8, 4) is 11.5 Å². The van der Waals surface area contributed by atoms with Crippen molar-refractivity contribution in [3.63, 3.8) is 0 Å². The summed E-state index contributed by atoms with van der Waals surface area (Å²) in [5, 5.41) is 2.37. The summed E-state index contributed by atoms with van der Waals surface area (Å²) in [6.45, 7) is 4.77. The maximum absolute atomic E-state index is 12.8. The summed E-state index contributed by atoms with van der Waals surface area (Å²) in [7, 11) is 1.51. The zero-order valence-corrected chi connectivity index (χ0v) is 17.6. The third-order valence-corrected chi connectivity index (χ3v) is 4.45. The molecule has 0 heterocycles. The summed E-state index contributed by atoms with van der Waals surface area (Å²) in [6, 6.07) is 7.91. The summed E-state index contributed by atoms with van der Waals surface area (Å²) in [6.07, 6.45) is -0.916. The van der Waals surface area contributed by atoms with Crippen LogP contribution in [0.15, 0.2) is 42.5 Å². The van der Waals surface area contributed by atoms with Crippen molar-refractivity contribution in [1.82, 2.24) is 0 Å². The van der Waals surface area contributed by atoms with E-state index in [4.69, 9.17) is 21.1 Å². The molecule has 2 aromatic carbocycles. The lowest BCUT2D eigenvalue weighted by Gasteiger charge is -2.12. The number of alkyl halides is 3. The van der Waals surface area contributed by atoms with Gasteiger partial charge in [0.1, 0.15) is 0 Å². The minimum Gasteiger partial charge on any atom is -0.493 e. The first-order chi connectivity index (χ1) is 14.1. The van der Waals surface area contributed by atoms with Gasteiger partial charge in [-0.2, -0.15) is 13.2 Å². The van der Waals surface area contributed by atoms with Crippen LogP contribution in [0, 0.1) is 5.92 Å². The molecule has 0 aliphatic carbocycles. The molecule has 0 atom stereocenters. The maximum Gasteiger partial charge on any atom is 0.416 e. The van der Waals surface area contributed by atoms with Crippen LogP contribution in [0.2, 0.25) is 5.02 Å². The first-order valence-corrected chi connectivity index (χ1v) is 9.64. The van der Waals surface area contributed by atoms with Gasteiger partial charge in [-0.3, -0.25) is 4.79 Å². The molecule has 0 aromatic heterocycles. The van der Waals surface area contributed by atoms with Gasteiger partial charge in [-0.05, 0) is 54.3 Å². The summed E-state index contributed by atoms with van der Waals surface area (Å²) < 4.78 is 49.5. The van der Waals surface area contributed by atoms with Crippen LogP contribution in [0.25, 0.3) is 6.08 Å². The predicted octanol–water partition coefficient (Wildman–Crippen LogP) is 6.44. The normalized spacial score (nSPS) is 11.7. The largest absolute Gasteiger partial charge is 0.493 e. The predicted molar refractivity (Wildman–Crippen MR) is 112 cm³/mol. The van der Waals surface area contributed by atoms with Gasteiger partial charge in [0, 0.05) is 6.08 Å². The number of hydrogen-bond acceptors (Lipinski definition) is 3. The van der Waals surface area contributed by atoms with Crippen molar-refractivity contribution in [3.05, 3.63) is 58.6 Å². The molecule has 8 heteroatoms. The van der Waals surface area contributed by atoms with Crippen molar-refractivity contribution >= 4 is 29.3 Å². The highest BCUT2D eigenvalue weighted by Crippen LogP contribution is 2.34. The monoisotopic (exact) mass is 441 g/mol. The minimum absolute atomic E-state index is 0.00863. The van der Waals surface area contributed by atoms with Crippen LogP contribution in [0.4, 0.5) is 18.9 Å². The molecule has 1 amide bonds. The molecule has 0 fully saturated rings. The van der Waals surface area contributed by atoms with Crippen molar-refractivity contribution < 1.29 is 27.4 Å². The second kappa shape index (κ2) is 10.4. The molecule has 0 radical (unpaired) electrons. The first-order valence-electron chi connectivity index (χ1n) is 9.26. The third-order valence-electron chi connectivity index (χ3n) is 4.12. The highest BCUT2D eigenvalue weighted by molar-refractivity contribution is 6.33. The Labute approximate surface area is 178 Å². The molecule has 1 N–H and O–H groups in total. The van der Waals surface area contributed by atoms with Crippen molar-refractivity contribution in [1.29, 1.82) is 0 Å². The summed E-state index contributed by atoms with van der Waals surface area (Å²) >= 11 is 5.89. The number of nitrogens with one attached hydrogen (secondary N) is 1. The number of rotatable bonds is 8. The standard InChI is InChI=1S/C22H23ClF3NO3/c1-14(2)10-11-30-19-8-4-15(12-20(19)29-3)5-9-21(28)27-18-13-16(22(24,25)26)6-7-17(18)23/h4-9,12-14H,10-11H2,1-3H3,(H,27,28)/b9-5+. The Balaban J connectivity index is 2.07. The number of anilines is 1. The van der Waals surface area contributed by atoms with Crippen LogP contribution in [-0.2, 0) is 11.0 Å². The lowest BCUT2D eigenvalue weighted by Crippen LogP contribution is -2.11. The van der Waals surface area contributed by atoms with Gasteiger partial charge in [0.25, 0.3) is 0 Å². The highest BCUT2D eigenvalue weighted by Gasteiger charge is 2.31. The van der Waals surface area contributed by atoms with Crippen molar-refractivity contribution in [2.24, 2.45) is 5.92 Å². The average molecular weight is 442 g/mol. The van der Waals surface area contributed by atoms with E-state index in [9.17, 15) is 18.0 Å². The van der Waals surface area contributed by atoms with E-state index in [0.717, 1.165) is 24.6 Å². The second-order valence-electron chi connectivity index (χ2n) is 6.96. The number of hydrogen-bond donors (Lipinski definition) is 1. The molecule has 162 valence electrons. The molecular formula is C22H23ClF3NO3. The smallest absolute Gasteiger partial charge is 0.416 e. The lowest BCUT2D eigenvalue weighted by atomic mass is 10.1. The van der Waals surface area contributed by atoms with Gasteiger partial charge in [0.05, 0.1) is 30.0 Å². The van der Waals surface area contributed by atoms with E-state index >= 15 is 0 Å². The van der Waals surface area contributed by atoms with E-state index < -0.39 is 17.6 Å². The SMILES string of the molecule is COc1cc(/C=C/C(=O)Nc2cc(C(F)(F)F)ccc2Cl)ccc1OCCC(C)C. The van der Waals surface area contributed by atoms with Gasteiger partial charge in [-0.25, -0.2) is 0 Å². The molecule has 30 heavy (non-hydrogen) atoms. The number of carbonyl (C=O) groups is 1. The molecule has 0 bridgehead atoms. The maximum atomic E-state index is 12.8. The topological polar surface area (TPSA) is 47.6 Å². The minimum atomic E-state index is -4.53. The molecule has 0 saturated heterocycles. The van der Waals surface area contributed by atoms with Crippen LogP contribution in [0.5, 0.6) is 11.5 Å². The molecule has 2 rings (SSSR count). The van der Waals surface area contributed by atoms with Crippen LogP contribution in [0.3, 0.4) is 0 Å². The fourth-order valence-electron chi connectivity index (χ4n) is 2.46. The molecular weight excluding hydrogens is 419 g/mol. The number of benzene rings is 2. The lowest BCUT2D eigenvalue weighted by molar-refractivity contribution is -0.137. The number of amides is 1. The Bertz CT molecular complexity index is 911. The van der Waals surface area contributed by atoms with Crippen molar-refractivity contribution in [2.45, 2.75) is 26.4 Å². The average Bonchev–Trinajstić information content (AvgIpc) is 2.67. The Morgan fingerprint density at radius 3 is 2.53 bits per heavy atom. The third kappa shape index (κ3) is 6.99. The van der Waals surface area contributed by atoms with Gasteiger partial charge in [-0.1, -0.05) is 31.5 Å². The zero-order valence-electron chi connectivity index (χ0n) is 16.8. The molecule has 4 nitrogen and oxygen atoms in total. The zero-order chi connectivity index (χ0) is 22.3. The first kappa shape index (κ1) is 23.6. The van der Waals surface area contributed by atoms with Crippen LogP contribution in [0.1, 0.15) is 31.4 Å². The van der Waals surface area contributed by atoms with Crippen LogP contribution >= 0.6 is 11.6 Å². The summed E-state index contributed by atoms with van der Waals surface area (Å²) in [5.74, 6) is 1.01. The van der Waals surface area contributed by atoms with Gasteiger partial charge < -0.3 is 14.8 Å². The Morgan fingerprint density at radius 2 is 1.90 bits per heavy atom. The summed E-state index contributed by atoms with van der Waals surface area (Å²) in [5.41, 5.74) is -0.357. The van der Waals surface area contributed by atoms with Gasteiger partial charge in [0.15, 0.2) is 11.5 Å². The van der Waals surface area contributed by atoms with E-state index in [2.05, 4.69) is 19.2 Å². The van der Waals surface area contributed by atoms with E-state index in [1.165, 1.54) is 19.3 Å². The van der Waals surface area contributed by atoms with Crippen LogP contribution < -0.4 is 14.8 Å². The molecule has 0 aliphatic heterocycles. The Hall–Kier alpha value is -2.67. The van der Waals surface area contributed by atoms with E-state index in [1.807, 2.05) is 0 Å². The van der Waals surface area contributed by atoms with Gasteiger partial charge in [0.2, 0.25) is 5.91 Å². The Kier molecular flexibility index (Phi) is 8.17. The molecule has 2 aromatic rings. The molecule has 0 spiro atoms. The molecule has 0 saturated carbocycles. The molecule has 0 aliphatic rings. The van der Waals surface area contributed by atoms with Gasteiger partial charge >= 0.3 is 6.18 Å².